The van der Waals surface area contributed by atoms with Crippen LogP contribution in [0.4, 0.5) is 0 Å². The van der Waals surface area contributed by atoms with Crippen molar-refractivity contribution in [2.24, 2.45) is 0 Å². The summed E-state index contributed by atoms with van der Waals surface area (Å²) in [5, 5.41) is 3.36. The van der Waals surface area contributed by atoms with E-state index in [2.05, 4.69) is 4.98 Å². The summed E-state index contributed by atoms with van der Waals surface area (Å²) in [6.07, 6.45) is 0.0966. The van der Waals surface area contributed by atoms with Crippen LogP contribution in [0.3, 0.4) is 0 Å². The van der Waals surface area contributed by atoms with Gasteiger partial charge in [0.05, 0.1) is 19.2 Å². The number of hydrogen-bond acceptors (Lipinski definition) is 5. The van der Waals surface area contributed by atoms with E-state index in [1.807, 2.05) is 35.7 Å². The molecule has 1 aromatic heterocycles. The fourth-order valence-electron chi connectivity index (χ4n) is 2.33. The van der Waals surface area contributed by atoms with Crippen molar-refractivity contribution in [3.8, 4) is 16.3 Å². The van der Waals surface area contributed by atoms with Crippen LogP contribution in [0.5, 0.6) is 5.75 Å². The molecule has 0 saturated heterocycles. The van der Waals surface area contributed by atoms with Crippen LogP contribution in [-0.2, 0) is 22.6 Å². The first-order valence-corrected chi connectivity index (χ1v) is 8.89. The Kier molecular flexibility index (Phi) is 5.68. The second-order valence-corrected chi connectivity index (χ2v) is 6.60. The zero-order chi connectivity index (χ0) is 17.6. The van der Waals surface area contributed by atoms with E-state index < -0.39 is 0 Å². The van der Waals surface area contributed by atoms with Crippen LogP contribution >= 0.6 is 22.9 Å². The third-order valence-corrected chi connectivity index (χ3v) is 4.71. The first kappa shape index (κ1) is 17.5. The number of halogens is 1. The number of esters is 1. The molecule has 3 rings (SSSR count). The normalized spacial score (nSPS) is 10.5. The minimum absolute atomic E-state index is 0.0966. The molecule has 1 heterocycles. The Morgan fingerprint density at radius 3 is 2.76 bits per heavy atom. The molecular weight excluding hydrogens is 358 g/mol. The maximum absolute atomic E-state index is 12.1. The predicted molar refractivity (Wildman–Crippen MR) is 99.1 cm³/mol. The van der Waals surface area contributed by atoms with Gasteiger partial charge in [-0.1, -0.05) is 41.9 Å². The minimum Gasteiger partial charge on any atom is -0.496 e. The van der Waals surface area contributed by atoms with Crippen molar-refractivity contribution in [2.45, 2.75) is 13.0 Å². The molecule has 6 heteroatoms. The van der Waals surface area contributed by atoms with Gasteiger partial charge in [-0.15, -0.1) is 11.3 Å². The second-order valence-electron chi connectivity index (χ2n) is 5.30. The molecule has 0 aliphatic rings. The highest BCUT2D eigenvalue weighted by Crippen LogP contribution is 2.25. The number of nitrogens with zero attached hydrogens (tertiary/aromatic N) is 1. The van der Waals surface area contributed by atoms with E-state index in [1.54, 1.807) is 25.3 Å². The third kappa shape index (κ3) is 4.59. The van der Waals surface area contributed by atoms with Gasteiger partial charge in [0.2, 0.25) is 0 Å². The minimum atomic E-state index is -0.352. The van der Waals surface area contributed by atoms with Crippen molar-refractivity contribution < 1.29 is 14.3 Å². The predicted octanol–water partition coefficient (Wildman–Crippen LogP) is 4.76. The van der Waals surface area contributed by atoms with E-state index in [4.69, 9.17) is 21.1 Å². The second kappa shape index (κ2) is 8.14. The van der Waals surface area contributed by atoms with Gasteiger partial charge >= 0.3 is 5.97 Å². The standard InChI is InChI=1S/C19H16ClNO3S/c1-23-17-8-7-15(20)9-14(17)10-18(22)24-11-16-12-25-19(21-16)13-5-3-2-4-6-13/h2-9,12H,10-11H2,1H3. The van der Waals surface area contributed by atoms with Gasteiger partial charge in [-0.25, -0.2) is 4.98 Å². The molecule has 128 valence electrons. The van der Waals surface area contributed by atoms with Gasteiger partial charge in [0.25, 0.3) is 0 Å². The quantitative estimate of drug-likeness (QED) is 0.584. The summed E-state index contributed by atoms with van der Waals surface area (Å²) < 4.78 is 10.6. The summed E-state index contributed by atoms with van der Waals surface area (Å²) in [6, 6.07) is 15.1. The lowest BCUT2D eigenvalue weighted by molar-refractivity contribution is -0.144. The highest BCUT2D eigenvalue weighted by molar-refractivity contribution is 7.13. The Morgan fingerprint density at radius 1 is 1.20 bits per heavy atom. The molecule has 0 bridgehead atoms. The molecule has 0 fully saturated rings. The zero-order valence-corrected chi connectivity index (χ0v) is 15.1. The molecule has 0 N–H and O–H groups in total. The lowest BCUT2D eigenvalue weighted by Gasteiger charge is -2.08. The molecule has 0 atom stereocenters. The smallest absolute Gasteiger partial charge is 0.310 e. The summed E-state index contributed by atoms with van der Waals surface area (Å²) in [6.45, 7) is 0.144. The Morgan fingerprint density at radius 2 is 2.00 bits per heavy atom. The largest absolute Gasteiger partial charge is 0.496 e. The average Bonchev–Trinajstić information content (AvgIpc) is 3.10. The van der Waals surface area contributed by atoms with Crippen LogP contribution in [0.15, 0.2) is 53.9 Å². The van der Waals surface area contributed by atoms with Crippen molar-refractivity contribution in [3.05, 3.63) is 70.2 Å². The van der Waals surface area contributed by atoms with Gasteiger partial charge in [0, 0.05) is 21.5 Å². The van der Waals surface area contributed by atoms with E-state index in [-0.39, 0.29) is 19.0 Å². The molecule has 0 aliphatic carbocycles. The van der Waals surface area contributed by atoms with Gasteiger partial charge in [-0.2, -0.15) is 0 Å². The van der Waals surface area contributed by atoms with Crippen molar-refractivity contribution in [3.63, 3.8) is 0 Å². The van der Waals surface area contributed by atoms with E-state index >= 15 is 0 Å². The molecule has 0 spiro atoms. The molecule has 0 saturated carbocycles. The number of benzene rings is 2. The highest BCUT2D eigenvalue weighted by Gasteiger charge is 2.12. The molecular formula is C19H16ClNO3S. The molecule has 4 nitrogen and oxygen atoms in total. The third-order valence-electron chi connectivity index (χ3n) is 3.53. The number of hydrogen-bond donors (Lipinski definition) is 0. The fourth-order valence-corrected chi connectivity index (χ4v) is 3.34. The Hall–Kier alpha value is -2.37. The summed E-state index contributed by atoms with van der Waals surface area (Å²) in [5.74, 6) is 0.260. The van der Waals surface area contributed by atoms with E-state index in [1.165, 1.54) is 11.3 Å². The number of rotatable bonds is 6. The summed E-state index contributed by atoms with van der Waals surface area (Å²) >= 11 is 7.50. The van der Waals surface area contributed by atoms with E-state index in [0.717, 1.165) is 16.3 Å². The average molecular weight is 374 g/mol. The van der Waals surface area contributed by atoms with Crippen molar-refractivity contribution >= 4 is 28.9 Å². The zero-order valence-electron chi connectivity index (χ0n) is 13.6. The lowest BCUT2D eigenvalue weighted by atomic mass is 10.1. The Labute approximate surface area is 155 Å². The Bertz CT molecular complexity index is 864. The van der Waals surface area contributed by atoms with Gasteiger partial charge < -0.3 is 9.47 Å². The van der Waals surface area contributed by atoms with E-state index in [9.17, 15) is 4.79 Å². The number of carbonyl (C=O) groups excluding carboxylic acids is 1. The maximum Gasteiger partial charge on any atom is 0.310 e. The van der Waals surface area contributed by atoms with Crippen LogP contribution in [0, 0.1) is 0 Å². The van der Waals surface area contributed by atoms with Crippen molar-refractivity contribution in [1.82, 2.24) is 4.98 Å². The van der Waals surface area contributed by atoms with Gasteiger partial charge in [-0.05, 0) is 18.2 Å². The Balaban J connectivity index is 1.60. The van der Waals surface area contributed by atoms with Crippen LogP contribution in [0.1, 0.15) is 11.3 Å². The SMILES string of the molecule is COc1ccc(Cl)cc1CC(=O)OCc1csc(-c2ccccc2)n1. The number of thiazole rings is 1. The topological polar surface area (TPSA) is 48.4 Å². The van der Waals surface area contributed by atoms with Crippen molar-refractivity contribution in [2.75, 3.05) is 7.11 Å². The maximum atomic E-state index is 12.1. The number of aromatic nitrogens is 1. The van der Waals surface area contributed by atoms with Crippen LogP contribution in [0.2, 0.25) is 5.02 Å². The molecule has 0 radical (unpaired) electrons. The van der Waals surface area contributed by atoms with Crippen LogP contribution < -0.4 is 4.74 Å². The molecule has 0 aliphatic heterocycles. The first-order valence-electron chi connectivity index (χ1n) is 7.63. The highest BCUT2D eigenvalue weighted by atomic mass is 35.5. The van der Waals surface area contributed by atoms with E-state index in [0.29, 0.717) is 16.3 Å². The number of methoxy groups -OCH3 is 1. The summed E-state index contributed by atoms with van der Waals surface area (Å²) in [5.41, 5.74) is 2.48. The van der Waals surface area contributed by atoms with Gasteiger partial charge in [-0.3, -0.25) is 4.79 Å². The summed E-state index contributed by atoms with van der Waals surface area (Å²) in [4.78, 5) is 16.6. The van der Waals surface area contributed by atoms with Gasteiger partial charge in [0.1, 0.15) is 17.4 Å². The number of ether oxygens (including phenoxy) is 2. The molecule has 3 aromatic rings. The molecule has 25 heavy (non-hydrogen) atoms. The first-order chi connectivity index (χ1) is 12.2. The number of carbonyl (C=O) groups is 1. The van der Waals surface area contributed by atoms with Gasteiger partial charge in [0.15, 0.2) is 0 Å². The fraction of sp³-hybridized carbons (Fsp3) is 0.158. The molecule has 2 aromatic carbocycles. The van der Waals surface area contributed by atoms with Crippen molar-refractivity contribution in [1.29, 1.82) is 0 Å². The monoisotopic (exact) mass is 373 g/mol. The molecule has 0 unspecified atom stereocenters. The van der Waals surface area contributed by atoms with Crippen LogP contribution in [-0.4, -0.2) is 18.1 Å². The summed E-state index contributed by atoms with van der Waals surface area (Å²) in [7, 11) is 1.55. The molecule has 0 amide bonds. The van der Waals surface area contributed by atoms with Crippen LogP contribution in [0.25, 0.3) is 10.6 Å². The lowest BCUT2D eigenvalue weighted by Crippen LogP contribution is -2.09.